The lowest BCUT2D eigenvalue weighted by Gasteiger charge is -2.59. The molecule has 0 aromatic rings. The van der Waals surface area contributed by atoms with Crippen molar-refractivity contribution in [3.63, 3.8) is 0 Å². The van der Waals surface area contributed by atoms with Crippen molar-refractivity contribution in [1.82, 2.24) is 0 Å². The van der Waals surface area contributed by atoms with E-state index >= 15 is 0 Å². The first kappa shape index (κ1) is 8.02. The maximum Gasteiger partial charge on any atom is 0.136 e. The minimum absolute atomic E-state index is 0.441. The quantitative estimate of drug-likeness (QED) is 0.557. The van der Waals surface area contributed by atoms with Crippen LogP contribution in [0.2, 0.25) is 0 Å². The molecule has 0 spiro atoms. The Morgan fingerprint density at radius 2 is 2.15 bits per heavy atom. The fourth-order valence-corrected chi connectivity index (χ4v) is 4.55. The number of hydrogen-bond acceptors (Lipinski definition) is 1. The monoisotopic (exact) mass is 178 g/mol. The number of carbonyl (C=O) groups excluding carboxylic acids is 1. The van der Waals surface area contributed by atoms with Crippen LogP contribution in [0.3, 0.4) is 0 Å². The highest BCUT2D eigenvalue weighted by molar-refractivity contribution is 5.84. The smallest absolute Gasteiger partial charge is 0.136 e. The summed E-state index contributed by atoms with van der Waals surface area (Å²) < 4.78 is 0. The molecule has 13 heavy (non-hydrogen) atoms. The van der Waals surface area contributed by atoms with E-state index in [1.54, 1.807) is 0 Å². The zero-order chi connectivity index (χ0) is 9.05. The van der Waals surface area contributed by atoms with Crippen LogP contribution in [0.15, 0.2) is 0 Å². The molecular weight excluding hydrogens is 160 g/mol. The molecule has 0 aliphatic heterocycles. The van der Waals surface area contributed by atoms with E-state index < -0.39 is 0 Å². The van der Waals surface area contributed by atoms with Crippen molar-refractivity contribution < 1.29 is 4.79 Å². The van der Waals surface area contributed by atoms with Crippen molar-refractivity contribution in [2.45, 2.75) is 45.4 Å². The second kappa shape index (κ2) is 2.37. The van der Waals surface area contributed by atoms with Gasteiger partial charge >= 0.3 is 0 Å². The first-order chi connectivity index (χ1) is 6.23. The molecule has 0 N–H and O–H groups in total. The topological polar surface area (TPSA) is 17.1 Å². The van der Waals surface area contributed by atoms with Crippen molar-refractivity contribution in [2.75, 3.05) is 0 Å². The van der Waals surface area contributed by atoms with E-state index in [1.807, 2.05) is 0 Å². The summed E-state index contributed by atoms with van der Waals surface area (Å²) in [6.45, 7) is 2.38. The molecule has 0 saturated heterocycles. The first-order valence-corrected chi connectivity index (χ1v) is 5.76. The van der Waals surface area contributed by atoms with E-state index in [0.717, 1.165) is 24.7 Å². The Hall–Kier alpha value is -0.330. The molecule has 1 heteroatoms. The van der Waals surface area contributed by atoms with Gasteiger partial charge in [-0.3, -0.25) is 4.79 Å². The van der Waals surface area contributed by atoms with Gasteiger partial charge in [-0.2, -0.15) is 0 Å². The molecule has 0 unspecified atom stereocenters. The van der Waals surface area contributed by atoms with Crippen molar-refractivity contribution >= 4 is 5.78 Å². The summed E-state index contributed by atoms with van der Waals surface area (Å²) in [5.41, 5.74) is 0.441. The molecule has 72 valence electrons. The summed E-state index contributed by atoms with van der Waals surface area (Å²) in [5.74, 6) is 2.80. The highest BCUT2D eigenvalue weighted by atomic mass is 16.1. The van der Waals surface area contributed by atoms with E-state index in [4.69, 9.17) is 0 Å². The third kappa shape index (κ3) is 0.812. The summed E-state index contributed by atoms with van der Waals surface area (Å²) in [6.07, 6.45) is 7.50. The molecule has 0 aromatic carbocycles. The van der Waals surface area contributed by atoms with Gasteiger partial charge in [0, 0.05) is 12.3 Å². The molecule has 3 aliphatic carbocycles. The normalized spacial score (nSPS) is 53.9. The van der Waals surface area contributed by atoms with Crippen LogP contribution in [-0.4, -0.2) is 5.78 Å². The van der Waals surface area contributed by atoms with Gasteiger partial charge < -0.3 is 0 Å². The molecule has 0 heterocycles. The van der Waals surface area contributed by atoms with Crippen LogP contribution in [0.5, 0.6) is 0 Å². The summed E-state index contributed by atoms with van der Waals surface area (Å²) >= 11 is 0. The van der Waals surface area contributed by atoms with E-state index in [0.29, 0.717) is 17.1 Å². The molecule has 1 nitrogen and oxygen atoms in total. The lowest BCUT2D eigenvalue weighted by molar-refractivity contribution is -0.160. The number of ketones is 1. The third-order valence-electron chi connectivity index (χ3n) is 5.04. The maximum atomic E-state index is 11.8. The van der Waals surface area contributed by atoms with E-state index in [1.165, 1.54) is 25.7 Å². The Bertz CT molecular complexity index is 258. The molecule has 0 radical (unpaired) electrons. The van der Waals surface area contributed by atoms with Crippen LogP contribution < -0.4 is 0 Å². The van der Waals surface area contributed by atoms with Gasteiger partial charge in [-0.25, -0.2) is 0 Å². The van der Waals surface area contributed by atoms with Crippen LogP contribution in [0.1, 0.15) is 45.4 Å². The summed E-state index contributed by atoms with van der Waals surface area (Å²) in [5, 5.41) is 0. The minimum atomic E-state index is 0.441. The second-order valence-electron chi connectivity index (χ2n) is 5.50. The zero-order valence-electron chi connectivity index (χ0n) is 8.38. The lowest BCUT2D eigenvalue weighted by Crippen LogP contribution is -2.58. The average Bonchev–Trinajstić information content (AvgIpc) is 2.48. The van der Waals surface area contributed by atoms with Gasteiger partial charge in [0.2, 0.25) is 0 Å². The zero-order valence-corrected chi connectivity index (χ0v) is 8.38. The van der Waals surface area contributed by atoms with Crippen LogP contribution in [0.25, 0.3) is 0 Å². The van der Waals surface area contributed by atoms with Crippen molar-refractivity contribution in [2.24, 2.45) is 23.2 Å². The number of carbonyl (C=O) groups is 1. The summed E-state index contributed by atoms with van der Waals surface area (Å²) in [6, 6.07) is 0. The van der Waals surface area contributed by atoms with Gasteiger partial charge in [0.15, 0.2) is 0 Å². The molecule has 3 fully saturated rings. The Kier molecular flexibility index (Phi) is 1.46. The summed E-state index contributed by atoms with van der Waals surface area (Å²) in [4.78, 5) is 11.8. The Morgan fingerprint density at radius 1 is 1.31 bits per heavy atom. The number of fused-ring (bicyclic) bond motifs is 4. The van der Waals surface area contributed by atoms with E-state index in [-0.39, 0.29) is 0 Å². The van der Waals surface area contributed by atoms with Gasteiger partial charge in [-0.1, -0.05) is 13.3 Å². The predicted molar refractivity (Wildman–Crippen MR) is 51.3 cm³/mol. The highest BCUT2D eigenvalue weighted by Crippen LogP contribution is 2.66. The minimum Gasteiger partial charge on any atom is -0.299 e. The van der Waals surface area contributed by atoms with Gasteiger partial charge in [-0.15, -0.1) is 0 Å². The van der Waals surface area contributed by atoms with Gasteiger partial charge in [0.25, 0.3) is 0 Å². The molecule has 0 bridgehead atoms. The molecule has 0 amide bonds. The van der Waals surface area contributed by atoms with Gasteiger partial charge in [-0.05, 0) is 42.9 Å². The number of rotatable bonds is 0. The van der Waals surface area contributed by atoms with Gasteiger partial charge in [0.05, 0.1) is 0 Å². The standard InChI is InChI=1S/C12H18O/c1-12-7-3-6-10(13)11(12)8-4-2-5-9(8)12/h8-9,11H,2-7H2,1H3/t8-,9+,11-,12+/m1/s1. The fourth-order valence-electron chi connectivity index (χ4n) is 4.55. The molecule has 3 rings (SSSR count). The van der Waals surface area contributed by atoms with Crippen molar-refractivity contribution in [3.05, 3.63) is 0 Å². The van der Waals surface area contributed by atoms with Crippen LogP contribution in [0.4, 0.5) is 0 Å². The largest absolute Gasteiger partial charge is 0.299 e. The first-order valence-electron chi connectivity index (χ1n) is 5.76. The van der Waals surface area contributed by atoms with Crippen LogP contribution in [0, 0.1) is 23.2 Å². The SMILES string of the molecule is C[C@@]12CCCC(=O)[C@H]1[C@@H]1CCC[C@@H]12. The molecule has 3 aliphatic rings. The van der Waals surface area contributed by atoms with E-state index in [2.05, 4.69) is 6.92 Å². The van der Waals surface area contributed by atoms with Crippen molar-refractivity contribution in [1.29, 1.82) is 0 Å². The van der Waals surface area contributed by atoms with Crippen LogP contribution >= 0.6 is 0 Å². The van der Waals surface area contributed by atoms with Crippen LogP contribution in [-0.2, 0) is 4.79 Å². The lowest BCUT2D eigenvalue weighted by atomic mass is 9.44. The van der Waals surface area contributed by atoms with Crippen molar-refractivity contribution in [3.8, 4) is 0 Å². The molecule has 4 atom stereocenters. The van der Waals surface area contributed by atoms with Gasteiger partial charge in [0.1, 0.15) is 5.78 Å². The molecular formula is C12H18O. The molecule has 0 aromatic heterocycles. The number of hydrogen-bond donors (Lipinski definition) is 0. The molecule has 3 saturated carbocycles. The number of Topliss-reactive ketones (excluding diaryl/α,β-unsaturated/α-hetero) is 1. The maximum absolute atomic E-state index is 11.8. The highest BCUT2D eigenvalue weighted by Gasteiger charge is 2.63. The Labute approximate surface area is 79.9 Å². The predicted octanol–water partition coefficient (Wildman–Crippen LogP) is 2.79. The summed E-state index contributed by atoms with van der Waals surface area (Å²) in [7, 11) is 0. The Morgan fingerprint density at radius 3 is 3.00 bits per heavy atom. The van der Waals surface area contributed by atoms with E-state index in [9.17, 15) is 4.79 Å². The average molecular weight is 178 g/mol. The Balaban J connectivity index is 1.93. The second-order valence-corrected chi connectivity index (χ2v) is 5.50. The third-order valence-corrected chi connectivity index (χ3v) is 5.04. The fraction of sp³-hybridized carbons (Fsp3) is 0.917.